The zero-order valence-electron chi connectivity index (χ0n) is 34.9. The molecule has 4 N–H and O–H groups in total. The molecule has 4 atom stereocenters. The summed E-state index contributed by atoms with van der Waals surface area (Å²) < 4.78 is 53.5. The minimum absolute atomic E-state index is 0.176. The molecule has 0 aromatic heterocycles. The molecule has 6 rings (SSSR count). The molecule has 0 aliphatic carbocycles. The first-order chi connectivity index (χ1) is 30.8. The molecule has 2 saturated heterocycles. The molecule has 12 nitrogen and oxygen atoms in total. The summed E-state index contributed by atoms with van der Waals surface area (Å²) in [6.07, 6.45) is 1.54. The number of nitrogens with one attached hydrogen (secondary N) is 4. The second-order valence-electron chi connectivity index (χ2n) is 15.8. The molecule has 2 fully saturated rings. The van der Waals surface area contributed by atoms with E-state index in [1.165, 1.54) is 58.3 Å². The number of nitrogens with zero attached hydrogens (tertiary/aromatic N) is 2. The Morgan fingerprint density at radius 1 is 0.391 bits per heavy atom. The summed E-state index contributed by atoms with van der Waals surface area (Å²) in [6, 6.07) is 23.2. The highest BCUT2D eigenvalue weighted by molar-refractivity contribution is 6.04. The molecule has 2 heterocycles. The van der Waals surface area contributed by atoms with Gasteiger partial charge in [0.2, 0.25) is 23.6 Å². The Morgan fingerprint density at radius 2 is 0.594 bits per heavy atom. The highest BCUT2D eigenvalue weighted by atomic mass is 19.1. The summed E-state index contributed by atoms with van der Waals surface area (Å²) >= 11 is 0. The first-order valence-corrected chi connectivity index (χ1v) is 21.0. The maximum absolute atomic E-state index is 13.5. The van der Waals surface area contributed by atoms with Crippen LogP contribution in [-0.4, -0.2) is 97.6 Å². The Balaban J connectivity index is 1.09. The van der Waals surface area contributed by atoms with E-state index in [2.05, 4.69) is 33.1 Å². The number of halogens is 4. The Labute approximate surface area is 368 Å². The normalized spacial score (nSPS) is 17.8. The van der Waals surface area contributed by atoms with Crippen LogP contribution in [0.4, 0.5) is 17.6 Å². The fourth-order valence-electron chi connectivity index (χ4n) is 7.72. The van der Waals surface area contributed by atoms with E-state index in [1.54, 1.807) is 48.5 Å². The van der Waals surface area contributed by atoms with E-state index in [1.807, 2.05) is 0 Å². The molecule has 3 unspecified atom stereocenters. The molecule has 4 aromatic rings. The number of carbonyl (C=O) groups is 6. The van der Waals surface area contributed by atoms with Crippen LogP contribution in [0.15, 0.2) is 97.1 Å². The van der Waals surface area contributed by atoms with Gasteiger partial charge in [0.05, 0.1) is 23.7 Å². The van der Waals surface area contributed by atoms with Gasteiger partial charge in [-0.1, -0.05) is 48.5 Å². The minimum atomic E-state index is -0.969. The van der Waals surface area contributed by atoms with Crippen molar-refractivity contribution in [3.63, 3.8) is 0 Å². The van der Waals surface area contributed by atoms with Crippen molar-refractivity contribution in [3.05, 3.63) is 143 Å². The Kier molecular flexibility index (Phi) is 16.2. The number of hydrogen-bond acceptors (Lipinski definition) is 6. The van der Waals surface area contributed by atoms with Crippen molar-refractivity contribution in [3.8, 4) is 11.8 Å². The maximum Gasteiger partial charge on any atom is 0.299 e. The molecule has 6 amide bonds. The first-order valence-electron chi connectivity index (χ1n) is 21.0. The van der Waals surface area contributed by atoms with Gasteiger partial charge in [-0.15, -0.1) is 0 Å². The minimum Gasteiger partial charge on any atom is -0.355 e. The number of hydrogen-bond donors (Lipinski definition) is 4. The van der Waals surface area contributed by atoms with Crippen molar-refractivity contribution < 1.29 is 46.3 Å². The lowest BCUT2D eigenvalue weighted by atomic mass is 9.94. The smallest absolute Gasteiger partial charge is 0.299 e. The van der Waals surface area contributed by atoms with Gasteiger partial charge in [-0.2, -0.15) is 0 Å². The molecule has 64 heavy (non-hydrogen) atoms. The molecular weight excluding hydrogens is 833 g/mol. The van der Waals surface area contributed by atoms with Gasteiger partial charge in [-0.3, -0.25) is 28.8 Å². The molecular formula is C48H48F4N6O6. The summed E-state index contributed by atoms with van der Waals surface area (Å²) in [4.78, 5) is 83.4. The number of amides is 6. The molecule has 16 heteroatoms. The van der Waals surface area contributed by atoms with E-state index >= 15 is 0 Å². The SMILES string of the molecule is O=C(NCCc1ccc(F)cc1)C1CN(C(=O)C#CC(=O)N2CC(C(=O)NCCc3ccc(F)cc3)[C@H](C(=O)NCCc3ccc(F)cc3)C2)CC1C(=O)NCCc1ccc(F)cc1. The predicted molar refractivity (Wildman–Crippen MR) is 227 cm³/mol. The van der Waals surface area contributed by atoms with Gasteiger partial charge >= 0.3 is 0 Å². The molecule has 4 aromatic carbocycles. The van der Waals surface area contributed by atoms with Crippen LogP contribution in [-0.2, 0) is 54.5 Å². The van der Waals surface area contributed by atoms with Crippen LogP contribution < -0.4 is 21.3 Å². The van der Waals surface area contributed by atoms with Crippen LogP contribution in [0.2, 0.25) is 0 Å². The zero-order chi connectivity index (χ0) is 45.6. The van der Waals surface area contributed by atoms with E-state index in [4.69, 9.17) is 0 Å². The van der Waals surface area contributed by atoms with Gasteiger partial charge < -0.3 is 31.1 Å². The van der Waals surface area contributed by atoms with E-state index in [0.29, 0.717) is 25.7 Å². The quantitative estimate of drug-likeness (QED) is 0.100. The molecule has 2 aliphatic heterocycles. The fraction of sp³-hybridized carbons (Fsp3) is 0.333. The van der Waals surface area contributed by atoms with E-state index in [9.17, 15) is 46.3 Å². The summed E-state index contributed by atoms with van der Waals surface area (Å²) in [7, 11) is 0. The van der Waals surface area contributed by atoms with E-state index < -0.39 is 82.4 Å². The van der Waals surface area contributed by atoms with Crippen molar-refractivity contribution in [2.45, 2.75) is 25.7 Å². The van der Waals surface area contributed by atoms with Gasteiger partial charge in [-0.25, -0.2) is 17.6 Å². The predicted octanol–water partition coefficient (Wildman–Crippen LogP) is 3.13. The third-order valence-electron chi connectivity index (χ3n) is 11.3. The standard InChI is InChI=1S/C48H48F4N6O6/c49-35-9-1-31(2-10-35)19-23-53-45(61)39-27-57(28-40(39)46(62)54-24-20-32-3-11-36(50)12-4-32)43(59)17-18-44(60)58-29-41(47(63)55-25-21-33-5-13-37(51)14-6-33)42(30-58)48(64)56-26-22-34-7-15-38(52)16-8-34/h1-16,39-42H,19-30H2,(H,53,61)(H,54,62)(H,55,63)(H,56,64)/t39-,40?,41?,42?/m1/s1. The molecule has 0 radical (unpaired) electrons. The lowest BCUT2D eigenvalue weighted by Gasteiger charge is -2.17. The second kappa shape index (κ2) is 22.4. The number of likely N-dealkylation sites (tertiary alicyclic amines) is 2. The summed E-state index contributed by atoms with van der Waals surface area (Å²) in [5, 5.41) is 11.2. The molecule has 334 valence electrons. The third-order valence-corrected chi connectivity index (χ3v) is 11.3. The van der Waals surface area contributed by atoms with Gasteiger partial charge in [0.15, 0.2) is 0 Å². The molecule has 2 aliphatic rings. The van der Waals surface area contributed by atoms with Gasteiger partial charge in [0.25, 0.3) is 11.8 Å². The average Bonchev–Trinajstić information content (AvgIpc) is 3.95. The second-order valence-corrected chi connectivity index (χ2v) is 15.8. The maximum atomic E-state index is 13.5. The molecule has 0 spiro atoms. The van der Waals surface area contributed by atoms with Crippen LogP contribution in [0.3, 0.4) is 0 Å². The van der Waals surface area contributed by atoms with Crippen molar-refractivity contribution in [2.75, 3.05) is 52.4 Å². The molecule has 0 bridgehead atoms. The number of benzene rings is 4. The van der Waals surface area contributed by atoms with Crippen LogP contribution in [0.5, 0.6) is 0 Å². The van der Waals surface area contributed by atoms with Crippen molar-refractivity contribution >= 4 is 35.4 Å². The first kappa shape index (κ1) is 46.5. The summed E-state index contributed by atoms with van der Waals surface area (Å²) in [5.41, 5.74) is 3.11. The Bertz CT molecular complexity index is 2050. The van der Waals surface area contributed by atoms with E-state index in [0.717, 1.165) is 22.3 Å². The van der Waals surface area contributed by atoms with Gasteiger partial charge in [-0.05, 0) is 96.5 Å². The fourth-order valence-corrected chi connectivity index (χ4v) is 7.72. The number of rotatable bonds is 16. The summed E-state index contributed by atoms with van der Waals surface area (Å²) in [5.74, 6) is -4.38. The lowest BCUT2D eigenvalue weighted by Crippen LogP contribution is -2.42. The largest absolute Gasteiger partial charge is 0.355 e. The summed E-state index contributed by atoms with van der Waals surface area (Å²) in [6.45, 7) is 0.0106. The highest BCUT2D eigenvalue weighted by Gasteiger charge is 2.44. The van der Waals surface area contributed by atoms with Crippen LogP contribution >= 0.6 is 0 Å². The van der Waals surface area contributed by atoms with Crippen LogP contribution in [0, 0.1) is 58.8 Å². The zero-order valence-corrected chi connectivity index (χ0v) is 34.9. The van der Waals surface area contributed by atoms with Crippen LogP contribution in [0.1, 0.15) is 22.3 Å². The van der Waals surface area contributed by atoms with Crippen molar-refractivity contribution in [1.82, 2.24) is 31.1 Å². The monoisotopic (exact) mass is 880 g/mol. The number of carbonyl (C=O) groups excluding carboxylic acids is 6. The van der Waals surface area contributed by atoms with Crippen LogP contribution in [0.25, 0.3) is 0 Å². The lowest BCUT2D eigenvalue weighted by molar-refractivity contribution is -0.132. The topological polar surface area (TPSA) is 157 Å². The average molecular weight is 881 g/mol. The van der Waals surface area contributed by atoms with Crippen molar-refractivity contribution in [2.24, 2.45) is 23.7 Å². The van der Waals surface area contributed by atoms with Gasteiger partial charge in [0.1, 0.15) is 23.3 Å². The van der Waals surface area contributed by atoms with E-state index in [-0.39, 0.29) is 52.4 Å². The molecule has 0 saturated carbocycles. The van der Waals surface area contributed by atoms with Gasteiger partial charge in [0, 0.05) is 64.2 Å². The highest BCUT2D eigenvalue weighted by Crippen LogP contribution is 2.26. The third kappa shape index (κ3) is 13.2. The Hall–Kier alpha value is -7.02. The Morgan fingerprint density at radius 3 is 0.797 bits per heavy atom. The van der Waals surface area contributed by atoms with Crippen molar-refractivity contribution in [1.29, 1.82) is 0 Å².